The van der Waals surface area contributed by atoms with E-state index in [1.165, 1.54) is 0 Å². The lowest BCUT2D eigenvalue weighted by Gasteiger charge is -2.32. The number of ether oxygens (including phenoxy) is 1. The zero-order chi connectivity index (χ0) is 15.6. The third-order valence-electron chi connectivity index (χ3n) is 3.69. The number of nitrogens with one attached hydrogen (secondary N) is 1. The van der Waals surface area contributed by atoms with Crippen molar-refractivity contribution in [2.45, 2.75) is 25.6 Å². The van der Waals surface area contributed by atoms with Gasteiger partial charge in [0.2, 0.25) is 0 Å². The second-order valence-corrected chi connectivity index (χ2v) is 5.62. The van der Waals surface area contributed by atoms with Crippen LogP contribution in [-0.2, 0) is 10.6 Å². The van der Waals surface area contributed by atoms with Crippen molar-refractivity contribution in [1.29, 1.82) is 0 Å². The van der Waals surface area contributed by atoms with Crippen LogP contribution in [0.1, 0.15) is 24.2 Å². The van der Waals surface area contributed by atoms with Gasteiger partial charge in [0.1, 0.15) is 11.6 Å². The molecule has 0 aliphatic carbocycles. The van der Waals surface area contributed by atoms with Gasteiger partial charge < -0.3 is 15.2 Å². The molecule has 116 valence electrons. The second kappa shape index (κ2) is 6.02. The lowest BCUT2D eigenvalue weighted by molar-refractivity contribution is -0.0304. The van der Waals surface area contributed by atoms with E-state index in [1.54, 1.807) is 6.20 Å². The van der Waals surface area contributed by atoms with E-state index in [4.69, 9.17) is 21.4 Å². The molecule has 2 aromatic rings. The van der Waals surface area contributed by atoms with Crippen LogP contribution in [0, 0.1) is 6.92 Å². The third-order valence-corrected chi connectivity index (χ3v) is 3.94. The molecule has 1 aromatic heterocycles. The van der Waals surface area contributed by atoms with Gasteiger partial charge in [0.25, 0.3) is 5.85 Å². The summed E-state index contributed by atoms with van der Waals surface area (Å²) in [5.41, 5.74) is 0.924. The summed E-state index contributed by atoms with van der Waals surface area (Å²) in [5.74, 6) is 0.770. The van der Waals surface area contributed by atoms with Crippen molar-refractivity contribution < 1.29 is 9.84 Å². The number of aromatic nitrogens is 2. The smallest absolute Gasteiger partial charge is 0.293 e. The van der Waals surface area contributed by atoms with Crippen molar-refractivity contribution in [1.82, 2.24) is 14.9 Å². The van der Waals surface area contributed by atoms with E-state index in [9.17, 15) is 0 Å². The zero-order valence-electron chi connectivity index (χ0n) is 12.3. The molecule has 1 unspecified atom stereocenters. The van der Waals surface area contributed by atoms with Crippen LogP contribution in [-0.4, -0.2) is 21.3 Å². The third kappa shape index (κ3) is 2.58. The summed E-state index contributed by atoms with van der Waals surface area (Å²) in [4.78, 5) is 4.29. The van der Waals surface area contributed by atoms with Crippen molar-refractivity contribution in [2.75, 3.05) is 6.61 Å². The Kier molecular flexibility index (Phi) is 4.09. The maximum absolute atomic E-state index is 9.00. The average Bonchev–Trinajstić information content (AvgIpc) is 3.13. The summed E-state index contributed by atoms with van der Waals surface area (Å²) >= 11 is 6.00. The highest BCUT2D eigenvalue weighted by molar-refractivity contribution is 6.30. The highest BCUT2D eigenvalue weighted by Gasteiger charge is 2.41. The van der Waals surface area contributed by atoms with Gasteiger partial charge in [0.15, 0.2) is 0 Å². The van der Waals surface area contributed by atoms with E-state index in [2.05, 4.69) is 10.3 Å². The molecule has 0 saturated heterocycles. The molecule has 1 atom stereocenters. The Morgan fingerprint density at radius 1 is 1.36 bits per heavy atom. The van der Waals surface area contributed by atoms with Crippen LogP contribution < -0.4 is 5.32 Å². The first-order chi connectivity index (χ1) is 10.7. The van der Waals surface area contributed by atoms with Crippen molar-refractivity contribution in [3.63, 3.8) is 0 Å². The van der Waals surface area contributed by atoms with Crippen molar-refractivity contribution in [2.24, 2.45) is 0 Å². The molecule has 2 heterocycles. The Labute approximate surface area is 134 Å². The molecule has 0 radical (unpaired) electrons. The number of allylic oxidation sites excluding steroid dienone is 1. The van der Waals surface area contributed by atoms with Crippen LogP contribution in [0.25, 0.3) is 0 Å². The van der Waals surface area contributed by atoms with Crippen molar-refractivity contribution in [3.05, 3.63) is 65.0 Å². The highest BCUT2D eigenvalue weighted by Crippen LogP contribution is 2.34. The molecule has 1 aliphatic heterocycles. The molecule has 22 heavy (non-hydrogen) atoms. The first kappa shape index (κ1) is 14.9. The summed E-state index contributed by atoms with van der Waals surface area (Å²) in [7, 11) is 0. The molecule has 3 rings (SSSR count). The molecule has 2 N–H and O–H groups in total. The Morgan fingerprint density at radius 2 is 2.14 bits per heavy atom. The van der Waals surface area contributed by atoms with Gasteiger partial charge in [0, 0.05) is 42.2 Å². The van der Waals surface area contributed by atoms with Crippen LogP contribution in [0.15, 0.2) is 48.6 Å². The normalized spacial score (nSPS) is 20.4. The predicted octanol–water partition coefficient (Wildman–Crippen LogP) is 2.74. The van der Waals surface area contributed by atoms with E-state index >= 15 is 0 Å². The maximum atomic E-state index is 9.00. The number of aliphatic hydroxyl groups excluding tert-OH is 1. The summed E-state index contributed by atoms with van der Waals surface area (Å²) in [6.45, 7) is 2.06. The lowest BCUT2D eigenvalue weighted by Crippen LogP contribution is -2.45. The molecule has 1 aromatic carbocycles. The van der Waals surface area contributed by atoms with Crippen LogP contribution >= 0.6 is 11.6 Å². The summed E-state index contributed by atoms with van der Waals surface area (Å²) < 4.78 is 8.16. The quantitative estimate of drug-likeness (QED) is 0.889. The molecule has 0 fully saturated rings. The number of halogens is 1. The molecule has 1 aliphatic rings. The van der Waals surface area contributed by atoms with E-state index in [1.807, 2.05) is 48.2 Å². The van der Waals surface area contributed by atoms with Gasteiger partial charge >= 0.3 is 0 Å². The van der Waals surface area contributed by atoms with Gasteiger partial charge in [-0.3, -0.25) is 4.57 Å². The number of nitrogens with zero attached hydrogens (tertiary/aromatic N) is 2. The Bertz CT molecular complexity index is 681. The van der Waals surface area contributed by atoms with Gasteiger partial charge in [-0.2, -0.15) is 0 Å². The number of hydrogen-bond acceptors (Lipinski definition) is 4. The number of rotatable bonds is 5. The largest absolute Gasteiger partial charge is 0.448 e. The fourth-order valence-corrected chi connectivity index (χ4v) is 2.72. The first-order valence-corrected chi connectivity index (χ1v) is 7.56. The number of benzene rings is 1. The number of aliphatic hydroxyl groups is 1. The van der Waals surface area contributed by atoms with Crippen LogP contribution in [0.2, 0.25) is 5.02 Å². The first-order valence-electron chi connectivity index (χ1n) is 7.19. The van der Waals surface area contributed by atoms with E-state index in [0.717, 1.165) is 17.1 Å². The molecular formula is C16H18ClN3O2. The topological polar surface area (TPSA) is 59.3 Å². The van der Waals surface area contributed by atoms with Gasteiger partial charge in [-0.1, -0.05) is 11.6 Å². The fraction of sp³-hybridized carbons (Fsp3) is 0.312. The monoisotopic (exact) mass is 319 g/mol. The number of hydrogen-bond donors (Lipinski definition) is 2. The molecular weight excluding hydrogens is 302 g/mol. The number of aryl methyl sites for hydroxylation is 1. The minimum atomic E-state index is -0.865. The fourth-order valence-electron chi connectivity index (χ4n) is 2.59. The lowest BCUT2D eigenvalue weighted by atomic mass is 10.1. The standard InChI is InChI=1S/C16H18ClN3O2/c1-12-18-8-9-20(12)16(13-4-6-14(17)7-5-13)19-11-15(22-16)3-2-10-21/h4-9,11,19,21H,2-3,10H2,1H3. The summed E-state index contributed by atoms with van der Waals surface area (Å²) in [5, 5.41) is 13.0. The van der Waals surface area contributed by atoms with Gasteiger partial charge in [-0.25, -0.2) is 4.98 Å². The molecule has 0 saturated carbocycles. The van der Waals surface area contributed by atoms with Crippen LogP contribution in [0.5, 0.6) is 0 Å². The van der Waals surface area contributed by atoms with E-state index in [-0.39, 0.29) is 6.61 Å². The van der Waals surface area contributed by atoms with Gasteiger partial charge in [0.05, 0.1) is 0 Å². The average molecular weight is 320 g/mol. The summed E-state index contributed by atoms with van der Waals surface area (Å²) in [6.07, 6.45) is 6.80. The minimum Gasteiger partial charge on any atom is -0.448 e. The minimum absolute atomic E-state index is 0.138. The summed E-state index contributed by atoms with van der Waals surface area (Å²) in [6, 6.07) is 7.53. The Balaban J connectivity index is 1.98. The van der Waals surface area contributed by atoms with Crippen LogP contribution in [0.4, 0.5) is 0 Å². The molecule has 0 bridgehead atoms. The molecule has 5 nitrogen and oxygen atoms in total. The van der Waals surface area contributed by atoms with Gasteiger partial charge in [-0.05, 0) is 37.6 Å². The van der Waals surface area contributed by atoms with Gasteiger partial charge in [-0.15, -0.1) is 0 Å². The van der Waals surface area contributed by atoms with Crippen LogP contribution in [0.3, 0.4) is 0 Å². The van der Waals surface area contributed by atoms with E-state index < -0.39 is 5.85 Å². The zero-order valence-corrected chi connectivity index (χ0v) is 13.0. The highest BCUT2D eigenvalue weighted by atomic mass is 35.5. The Morgan fingerprint density at radius 3 is 2.77 bits per heavy atom. The second-order valence-electron chi connectivity index (χ2n) is 5.18. The SMILES string of the molecule is Cc1nccn1C1(c2ccc(Cl)cc2)NC=C(CCCO)O1. The Hall–Kier alpha value is -1.98. The molecule has 0 amide bonds. The number of imidazole rings is 1. The molecule has 0 spiro atoms. The van der Waals surface area contributed by atoms with Crippen molar-refractivity contribution >= 4 is 11.6 Å². The predicted molar refractivity (Wildman–Crippen MR) is 84.1 cm³/mol. The molecule has 6 heteroatoms. The van der Waals surface area contributed by atoms with E-state index in [0.29, 0.717) is 17.9 Å². The maximum Gasteiger partial charge on any atom is 0.293 e. The van der Waals surface area contributed by atoms with Crippen molar-refractivity contribution in [3.8, 4) is 0 Å².